The van der Waals surface area contributed by atoms with Crippen molar-refractivity contribution in [2.24, 2.45) is 5.41 Å². The zero-order chi connectivity index (χ0) is 13.3. The van der Waals surface area contributed by atoms with Crippen LogP contribution in [0.15, 0.2) is 11.1 Å². The summed E-state index contributed by atoms with van der Waals surface area (Å²) in [7, 11) is 0. The molecule has 1 unspecified atom stereocenters. The maximum absolute atomic E-state index is 11.1. The highest BCUT2D eigenvalue weighted by atomic mass is 16.1. The van der Waals surface area contributed by atoms with Crippen LogP contribution in [0.3, 0.4) is 0 Å². The lowest BCUT2D eigenvalue weighted by atomic mass is 9.71. The Morgan fingerprint density at radius 1 is 1.64 bits per heavy atom. The lowest BCUT2D eigenvalue weighted by Crippen LogP contribution is -2.20. The van der Waals surface area contributed by atoms with E-state index in [0.717, 1.165) is 18.4 Å². The van der Waals surface area contributed by atoms with Crippen LogP contribution in [0.1, 0.15) is 63.8 Å². The minimum atomic E-state index is -1.97. The largest absolute Gasteiger partial charge is 0.300 e. The van der Waals surface area contributed by atoms with Gasteiger partial charge in [-0.25, -0.2) is 0 Å². The van der Waals surface area contributed by atoms with E-state index in [-0.39, 0.29) is 5.78 Å². The lowest BCUT2D eigenvalue weighted by molar-refractivity contribution is -0.117. The van der Waals surface area contributed by atoms with E-state index >= 15 is 0 Å². The monoisotopic (exact) mass is 197 g/mol. The van der Waals surface area contributed by atoms with Crippen LogP contribution in [0.5, 0.6) is 0 Å². The summed E-state index contributed by atoms with van der Waals surface area (Å²) in [6.07, 6.45) is 3.67. The van der Waals surface area contributed by atoms with E-state index in [4.69, 9.17) is 4.11 Å². The van der Waals surface area contributed by atoms with Crippen LogP contribution in [0.2, 0.25) is 0 Å². The van der Waals surface area contributed by atoms with Crippen LogP contribution < -0.4 is 0 Å². The molecule has 1 nitrogen and oxygen atoms in total. The quantitative estimate of drug-likeness (QED) is 0.627. The van der Waals surface area contributed by atoms with Crippen LogP contribution in [-0.2, 0) is 4.79 Å². The summed E-state index contributed by atoms with van der Waals surface area (Å²) in [6.45, 7) is 3.43. The second kappa shape index (κ2) is 4.29. The second-order valence-corrected chi connectivity index (χ2v) is 4.65. The smallest absolute Gasteiger partial charge is 0.130 e. The van der Waals surface area contributed by atoms with E-state index in [1.165, 1.54) is 5.57 Å². The van der Waals surface area contributed by atoms with Crippen LogP contribution in [0, 0.1) is 5.41 Å². The molecule has 0 spiro atoms. The van der Waals surface area contributed by atoms with Crippen molar-refractivity contribution >= 4 is 5.78 Å². The van der Waals surface area contributed by atoms with Crippen molar-refractivity contribution in [1.82, 2.24) is 0 Å². The first-order valence-electron chi connectivity index (χ1n) is 6.87. The van der Waals surface area contributed by atoms with Gasteiger partial charge in [0.05, 0.1) is 0 Å². The molecule has 0 saturated heterocycles. The fourth-order valence-corrected chi connectivity index (χ4v) is 2.27. The summed E-state index contributed by atoms with van der Waals surface area (Å²) < 4.78 is 23.2. The third-order valence-electron chi connectivity index (χ3n) is 3.14. The van der Waals surface area contributed by atoms with E-state index in [1.54, 1.807) is 6.92 Å². The molecule has 14 heavy (non-hydrogen) atoms. The topological polar surface area (TPSA) is 17.1 Å². The van der Waals surface area contributed by atoms with E-state index in [0.29, 0.717) is 19.3 Å². The van der Waals surface area contributed by atoms with E-state index < -0.39 is 12.3 Å². The van der Waals surface area contributed by atoms with Crippen molar-refractivity contribution in [3.63, 3.8) is 0 Å². The number of ketones is 1. The Morgan fingerprint density at radius 2 is 2.36 bits per heavy atom. The molecule has 1 heteroatoms. The molecule has 1 rings (SSSR count). The Labute approximate surface area is 91.8 Å². The van der Waals surface area contributed by atoms with Crippen LogP contribution in [-0.4, -0.2) is 5.78 Å². The Bertz CT molecular complexity index is 341. The minimum absolute atomic E-state index is 0.128. The molecule has 0 bridgehead atoms. The summed E-state index contributed by atoms with van der Waals surface area (Å²) in [5, 5.41) is 0. The average molecular weight is 197 g/mol. The molecule has 0 aliphatic heterocycles. The van der Waals surface area contributed by atoms with Crippen LogP contribution >= 0.6 is 0 Å². The number of hydrogen-bond acceptors (Lipinski definition) is 1. The molecule has 0 heterocycles. The molecule has 1 aliphatic rings. The fourth-order valence-electron chi connectivity index (χ4n) is 2.27. The Morgan fingerprint density at radius 3 is 2.93 bits per heavy atom. The predicted molar refractivity (Wildman–Crippen MR) is 60.2 cm³/mol. The van der Waals surface area contributed by atoms with Gasteiger partial charge in [0, 0.05) is 10.5 Å². The van der Waals surface area contributed by atoms with E-state index in [1.807, 2.05) is 13.8 Å². The maximum Gasteiger partial charge on any atom is 0.130 e. The van der Waals surface area contributed by atoms with Crippen molar-refractivity contribution < 1.29 is 8.91 Å². The van der Waals surface area contributed by atoms with Gasteiger partial charge in [-0.3, -0.25) is 0 Å². The molecule has 0 saturated carbocycles. The molecular formula is C13H22O. The minimum Gasteiger partial charge on any atom is -0.300 e. The number of rotatable bonds is 3. The van der Waals surface area contributed by atoms with Crippen molar-refractivity contribution in [2.45, 2.75) is 59.7 Å². The third-order valence-corrected chi connectivity index (χ3v) is 3.14. The second-order valence-electron chi connectivity index (χ2n) is 4.65. The Hall–Kier alpha value is -0.590. The zero-order valence-corrected chi connectivity index (χ0v) is 9.44. The normalized spacial score (nSPS) is 32.1. The molecule has 0 radical (unpaired) electrons. The van der Waals surface area contributed by atoms with E-state index in [9.17, 15) is 4.79 Å². The van der Waals surface area contributed by atoms with Gasteiger partial charge in [0.2, 0.25) is 0 Å². The lowest BCUT2D eigenvalue weighted by Gasteiger charge is -2.34. The Balaban J connectivity index is 3.03. The van der Waals surface area contributed by atoms with Crippen molar-refractivity contribution in [2.75, 3.05) is 0 Å². The molecule has 1 aliphatic carbocycles. The van der Waals surface area contributed by atoms with Gasteiger partial charge in [-0.2, -0.15) is 0 Å². The first-order valence-corrected chi connectivity index (χ1v) is 5.37. The molecule has 1 atom stereocenters. The molecule has 0 aromatic heterocycles. The van der Waals surface area contributed by atoms with Crippen LogP contribution in [0.4, 0.5) is 0 Å². The first kappa shape index (κ1) is 7.67. The molecular weight excluding hydrogens is 172 g/mol. The number of carbonyl (C=O) groups excluding carboxylic acids is 1. The highest BCUT2D eigenvalue weighted by Gasteiger charge is 2.27. The van der Waals surface area contributed by atoms with Gasteiger partial charge in [-0.1, -0.05) is 24.9 Å². The number of carbonyl (C=O) groups is 1. The first-order chi connectivity index (χ1) is 7.68. The van der Waals surface area contributed by atoms with Crippen LogP contribution in [0.25, 0.3) is 0 Å². The highest BCUT2D eigenvalue weighted by molar-refractivity contribution is 5.75. The molecule has 0 aromatic rings. The number of hydrogen-bond donors (Lipinski definition) is 0. The molecule has 0 N–H and O–H groups in total. The van der Waals surface area contributed by atoms with Crippen molar-refractivity contribution in [3.8, 4) is 0 Å². The van der Waals surface area contributed by atoms with Gasteiger partial charge >= 0.3 is 0 Å². The average Bonchev–Trinajstić information content (AvgIpc) is 2.14. The predicted octanol–water partition coefficient (Wildman–Crippen LogP) is 3.88. The highest BCUT2D eigenvalue weighted by Crippen LogP contribution is 2.42. The number of allylic oxidation sites excluding steroid dienone is 2. The van der Waals surface area contributed by atoms with Gasteiger partial charge in [-0.15, -0.1) is 0 Å². The summed E-state index contributed by atoms with van der Waals surface area (Å²) in [5.41, 5.74) is 1.44. The van der Waals surface area contributed by atoms with Gasteiger partial charge in [0.1, 0.15) is 5.78 Å². The Kier molecular flexibility index (Phi) is 2.35. The summed E-state index contributed by atoms with van der Waals surface area (Å²) in [6, 6.07) is 0. The van der Waals surface area contributed by atoms with Gasteiger partial charge < -0.3 is 4.79 Å². The summed E-state index contributed by atoms with van der Waals surface area (Å²) in [5.74, 6) is 0.128. The summed E-state index contributed by atoms with van der Waals surface area (Å²) >= 11 is 0. The van der Waals surface area contributed by atoms with Gasteiger partial charge in [0.15, 0.2) is 0 Å². The molecule has 0 fully saturated rings. The standard InChI is InChI=1S/C13H22O/c1-10-6-5-9-13(3,4)12(10)8-7-11(2)14/h5-9H2,1-4H3/i3D3. The van der Waals surface area contributed by atoms with E-state index in [2.05, 4.69) is 0 Å². The zero-order valence-electron chi connectivity index (χ0n) is 12.4. The van der Waals surface area contributed by atoms with Gasteiger partial charge in [-0.05, 0) is 44.9 Å². The molecule has 80 valence electrons. The van der Waals surface area contributed by atoms with Crippen molar-refractivity contribution in [3.05, 3.63) is 11.1 Å². The number of Topliss-reactive ketones (excluding diaryl/α,β-unsaturated/α-hetero) is 1. The third kappa shape index (κ3) is 2.70. The van der Waals surface area contributed by atoms with Gasteiger partial charge in [0.25, 0.3) is 0 Å². The maximum atomic E-state index is 11.1. The molecule has 0 aromatic carbocycles. The fraction of sp³-hybridized carbons (Fsp3) is 0.769. The summed E-state index contributed by atoms with van der Waals surface area (Å²) in [4.78, 5) is 11.1. The van der Waals surface area contributed by atoms with Crippen molar-refractivity contribution in [1.29, 1.82) is 0 Å². The molecule has 0 amide bonds. The SMILES string of the molecule is [2H]C([2H])([2H])C1(C)CCCC(C)=C1CCC(C)=O.